The zero-order chi connectivity index (χ0) is 20.2. The third-order valence-electron chi connectivity index (χ3n) is 4.29. The summed E-state index contributed by atoms with van der Waals surface area (Å²) in [5.74, 6) is 0.438. The number of unbranched alkanes of at least 4 members (excludes halogenated alkanes) is 4. The third kappa shape index (κ3) is 7.06. The standard InChI is InChI=1S/C23H29NO4/c1-3-5-6-7-10-17-27-19-15-13-18(14-16-19)23(26)28-21-12-9-8-11-20(21)24-22(25)4-2/h8-9,11-16H,3-7,10,17H2,1-2H3,(H,24,25). The van der Waals surface area contributed by atoms with Gasteiger partial charge in [-0.25, -0.2) is 4.79 Å². The molecule has 0 aliphatic carbocycles. The van der Waals surface area contributed by atoms with E-state index >= 15 is 0 Å². The van der Waals surface area contributed by atoms with E-state index in [0.717, 1.165) is 12.2 Å². The summed E-state index contributed by atoms with van der Waals surface area (Å²) in [7, 11) is 0. The van der Waals surface area contributed by atoms with Gasteiger partial charge < -0.3 is 14.8 Å². The first-order valence-electron chi connectivity index (χ1n) is 9.98. The van der Waals surface area contributed by atoms with Crippen molar-refractivity contribution in [2.45, 2.75) is 52.4 Å². The highest BCUT2D eigenvalue weighted by Crippen LogP contribution is 2.25. The molecule has 0 radical (unpaired) electrons. The predicted octanol–water partition coefficient (Wildman–Crippen LogP) is 5.60. The van der Waals surface area contributed by atoms with Crippen LogP contribution >= 0.6 is 0 Å². The Morgan fingerprint density at radius 2 is 1.61 bits per heavy atom. The first kappa shape index (κ1) is 21.5. The van der Waals surface area contributed by atoms with Crippen LogP contribution < -0.4 is 14.8 Å². The largest absolute Gasteiger partial charge is 0.494 e. The number of anilines is 1. The molecule has 0 fully saturated rings. The van der Waals surface area contributed by atoms with Gasteiger partial charge in [0, 0.05) is 6.42 Å². The van der Waals surface area contributed by atoms with Gasteiger partial charge >= 0.3 is 5.97 Å². The van der Waals surface area contributed by atoms with E-state index in [2.05, 4.69) is 12.2 Å². The lowest BCUT2D eigenvalue weighted by atomic mass is 10.2. The molecular formula is C23H29NO4. The third-order valence-corrected chi connectivity index (χ3v) is 4.29. The van der Waals surface area contributed by atoms with Gasteiger partial charge in [0.2, 0.25) is 5.91 Å². The van der Waals surface area contributed by atoms with Gasteiger partial charge in [0.05, 0.1) is 17.9 Å². The molecule has 0 spiro atoms. The molecule has 1 amide bonds. The molecule has 0 aliphatic rings. The second-order valence-electron chi connectivity index (χ2n) is 6.57. The smallest absolute Gasteiger partial charge is 0.343 e. The van der Waals surface area contributed by atoms with Crippen molar-refractivity contribution in [3.05, 3.63) is 54.1 Å². The van der Waals surface area contributed by atoms with Crippen molar-refractivity contribution in [2.24, 2.45) is 0 Å². The van der Waals surface area contributed by atoms with Gasteiger partial charge in [-0.2, -0.15) is 0 Å². The fourth-order valence-corrected chi connectivity index (χ4v) is 2.64. The maximum atomic E-state index is 12.4. The van der Waals surface area contributed by atoms with Crippen molar-refractivity contribution in [3.8, 4) is 11.5 Å². The quantitative estimate of drug-likeness (QED) is 0.311. The zero-order valence-electron chi connectivity index (χ0n) is 16.7. The topological polar surface area (TPSA) is 64.6 Å². The van der Waals surface area contributed by atoms with Crippen LogP contribution in [0, 0.1) is 0 Å². The fraction of sp³-hybridized carbons (Fsp3) is 0.391. The number of amides is 1. The van der Waals surface area contributed by atoms with E-state index in [-0.39, 0.29) is 5.91 Å². The second-order valence-corrected chi connectivity index (χ2v) is 6.57. The van der Waals surface area contributed by atoms with E-state index in [9.17, 15) is 9.59 Å². The monoisotopic (exact) mass is 383 g/mol. The van der Waals surface area contributed by atoms with Gasteiger partial charge in [-0.3, -0.25) is 4.79 Å². The van der Waals surface area contributed by atoms with Crippen molar-refractivity contribution >= 4 is 17.6 Å². The molecule has 5 heteroatoms. The highest BCUT2D eigenvalue weighted by Gasteiger charge is 2.13. The molecular weight excluding hydrogens is 354 g/mol. The minimum atomic E-state index is -0.482. The summed E-state index contributed by atoms with van der Waals surface area (Å²) in [5, 5.41) is 2.73. The van der Waals surface area contributed by atoms with Crippen molar-refractivity contribution in [1.82, 2.24) is 0 Å². The number of para-hydroxylation sites is 2. The van der Waals surface area contributed by atoms with Gasteiger partial charge in [0.25, 0.3) is 0 Å². The molecule has 2 aromatic rings. The molecule has 1 N–H and O–H groups in total. The summed E-state index contributed by atoms with van der Waals surface area (Å²) in [6, 6.07) is 13.8. The minimum absolute atomic E-state index is 0.139. The first-order valence-corrected chi connectivity index (χ1v) is 9.98. The average molecular weight is 383 g/mol. The summed E-state index contributed by atoms with van der Waals surface area (Å²) in [5.41, 5.74) is 0.901. The SMILES string of the molecule is CCCCCCCOc1ccc(C(=O)Oc2ccccc2NC(=O)CC)cc1. The molecule has 28 heavy (non-hydrogen) atoms. The summed E-state index contributed by atoms with van der Waals surface area (Å²) >= 11 is 0. The molecule has 0 aliphatic heterocycles. The normalized spacial score (nSPS) is 10.4. The lowest BCUT2D eigenvalue weighted by molar-refractivity contribution is -0.115. The van der Waals surface area contributed by atoms with Crippen molar-refractivity contribution in [1.29, 1.82) is 0 Å². The van der Waals surface area contributed by atoms with Crippen molar-refractivity contribution < 1.29 is 19.1 Å². The van der Waals surface area contributed by atoms with E-state index in [4.69, 9.17) is 9.47 Å². The van der Waals surface area contributed by atoms with Crippen LogP contribution in [0.1, 0.15) is 62.7 Å². The summed E-state index contributed by atoms with van der Waals surface area (Å²) < 4.78 is 11.2. The van der Waals surface area contributed by atoms with Crippen LogP contribution in [-0.2, 0) is 4.79 Å². The Bertz CT molecular complexity index is 755. The molecule has 2 rings (SSSR count). The summed E-state index contributed by atoms with van der Waals surface area (Å²) in [4.78, 5) is 24.0. The van der Waals surface area contributed by atoms with Crippen molar-refractivity contribution in [3.63, 3.8) is 0 Å². The number of ether oxygens (including phenoxy) is 2. The number of esters is 1. The van der Waals surface area contributed by atoms with Gasteiger partial charge in [-0.15, -0.1) is 0 Å². The Kier molecular flexibility index (Phi) is 9.05. The number of hydrogen-bond acceptors (Lipinski definition) is 4. The van der Waals surface area contributed by atoms with Gasteiger partial charge in [-0.1, -0.05) is 51.7 Å². The van der Waals surface area contributed by atoms with Gasteiger partial charge in [0.1, 0.15) is 5.75 Å². The average Bonchev–Trinajstić information content (AvgIpc) is 2.72. The first-order chi connectivity index (χ1) is 13.6. The maximum absolute atomic E-state index is 12.4. The molecule has 0 atom stereocenters. The Balaban J connectivity index is 1.89. The van der Waals surface area contributed by atoms with Crippen LogP contribution in [0.4, 0.5) is 5.69 Å². The Morgan fingerprint density at radius 3 is 2.32 bits per heavy atom. The second kappa shape index (κ2) is 11.8. The number of carbonyl (C=O) groups is 2. The molecule has 150 valence electrons. The van der Waals surface area contributed by atoms with Crippen LogP contribution in [0.3, 0.4) is 0 Å². The lowest BCUT2D eigenvalue weighted by Crippen LogP contribution is -2.13. The van der Waals surface area contributed by atoms with E-state index in [1.807, 2.05) is 0 Å². The van der Waals surface area contributed by atoms with Crippen LogP contribution in [0.5, 0.6) is 11.5 Å². The number of rotatable bonds is 11. The molecule has 5 nitrogen and oxygen atoms in total. The number of nitrogens with one attached hydrogen (secondary N) is 1. The van der Waals surface area contributed by atoms with Gasteiger partial charge in [-0.05, 0) is 42.8 Å². The molecule has 2 aromatic carbocycles. The lowest BCUT2D eigenvalue weighted by Gasteiger charge is -2.11. The number of carbonyl (C=O) groups excluding carboxylic acids is 2. The molecule has 0 unspecified atom stereocenters. The molecule has 0 aromatic heterocycles. The summed E-state index contributed by atoms with van der Waals surface area (Å²) in [6.45, 7) is 4.64. The molecule has 0 saturated heterocycles. The zero-order valence-corrected chi connectivity index (χ0v) is 16.7. The number of benzene rings is 2. The van der Waals surface area contributed by atoms with Crippen LogP contribution in [-0.4, -0.2) is 18.5 Å². The molecule has 0 heterocycles. The van der Waals surface area contributed by atoms with Crippen molar-refractivity contribution in [2.75, 3.05) is 11.9 Å². The van der Waals surface area contributed by atoms with Crippen LogP contribution in [0.15, 0.2) is 48.5 Å². The maximum Gasteiger partial charge on any atom is 0.343 e. The Hall–Kier alpha value is -2.82. The van der Waals surface area contributed by atoms with E-state index in [0.29, 0.717) is 30.0 Å². The van der Waals surface area contributed by atoms with E-state index in [1.165, 1.54) is 25.7 Å². The van der Waals surface area contributed by atoms with Crippen LogP contribution in [0.2, 0.25) is 0 Å². The molecule has 0 bridgehead atoms. The molecule has 0 saturated carbocycles. The van der Waals surface area contributed by atoms with E-state index in [1.54, 1.807) is 55.5 Å². The highest BCUT2D eigenvalue weighted by atomic mass is 16.5. The Morgan fingerprint density at radius 1 is 0.893 bits per heavy atom. The number of hydrogen-bond donors (Lipinski definition) is 1. The highest BCUT2D eigenvalue weighted by molar-refractivity contribution is 5.95. The predicted molar refractivity (Wildman–Crippen MR) is 111 cm³/mol. The van der Waals surface area contributed by atoms with Gasteiger partial charge in [0.15, 0.2) is 5.75 Å². The van der Waals surface area contributed by atoms with E-state index < -0.39 is 5.97 Å². The Labute approximate surface area is 167 Å². The fourth-order valence-electron chi connectivity index (χ4n) is 2.64. The minimum Gasteiger partial charge on any atom is -0.494 e. The summed E-state index contributed by atoms with van der Waals surface area (Å²) in [6.07, 6.45) is 6.29. The van der Waals surface area contributed by atoms with Crippen LogP contribution in [0.25, 0.3) is 0 Å².